The van der Waals surface area contributed by atoms with E-state index in [1.165, 1.54) is 6.42 Å². The Labute approximate surface area is 85.3 Å². The topological polar surface area (TPSA) is 44.4 Å². The zero-order valence-corrected chi connectivity index (χ0v) is 8.75. The van der Waals surface area contributed by atoms with E-state index in [1.807, 2.05) is 5.01 Å². The molecule has 2 N–H and O–H groups in total. The van der Waals surface area contributed by atoms with Crippen LogP contribution in [0.4, 0.5) is 4.79 Å². The predicted molar refractivity (Wildman–Crippen MR) is 56.8 cm³/mol. The molecule has 1 unspecified atom stereocenters. The van der Waals surface area contributed by atoms with Gasteiger partial charge in [0.05, 0.1) is 0 Å². The number of hydrogen-bond acceptors (Lipinski definition) is 2. The third-order valence-corrected chi connectivity index (χ3v) is 2.46. The van der Waals surface area contributed by atoms with Crippen LogP contribution in [-0.2, 0) is 0 Å². The molecule has 1 heterocycles. The number of amides is 2. The van der Waals surface area contributed by atoms with Crippen LogP contribution in [-0.4, -0.2) is 30.2 Å². The van der Waals surface area contributed by atoms with Crippen LogP contribution in [0.2, 0.25) is 0 Å². The van der Waals surface area contributed by atoms with Crippen molar-refractivity contribution >= 4 is 6.03 Å². The van der Waals surface area contributed by atoms with E-state index in [0.29, 0.717) is 12.6 Å². The fourth-order valence-corrected chi connectivity index (χ4v) is 1.60. The summed E-state index contributed by atoms with van der Waals surface area (Å²) in [6.07, 6.45) is 5.24. The zero-order valence-electron chi connectivity index (χ0n) is 8.75. The van der Waals surface area contributed by atoms with Crippen LogP contribution < -0.4 is 10.7 Å². The molecular weight excluding hydrogens is 178 g/mol. The van der Waals surface area contributed by atoms with E-state index in [4.69, 9.17) is 0 Å². The van der Waals surface area contributed by atoms with E-state index < -0.39 is 0 Å². The van der Waals surface area contributed by atoms with Crippen molar-refractivity contribution in [1.82, 2.24) is 15.8 Å². The number of urea groups is 1. The molecule has 1 aliphatic heterocycles. The number of nitrogens with one attached hydrogen (secondary N) is 2. The lowest BCUT2D eigenvalue weighted by Gasteiger charge is -2.33. The minimum Gasteiger partial charge on any atom is -0.334 e. The first-order valence-corrected chi connectivity index (χ1v) is 5.16. The molecule has 0 spiro atoms. The second-order valence-corrected chi connectivity index (χ2v) is 3.65. The third-order valence-electron chi connectivity index (χ3n) is 2.46. The Morgan fingerprint density at radius 2 is 2.43 bits per heavy atom. The van der Waals surface area contributed by atoms with Gasteiger partial charge >= 0.3 is 6.03 Å². The molecule has 0 saturated carbocycles. The molecule has 0 aromatic heterocycles. The molecule has 14 heavy (non-hydrogen) atoms. The van der Waals surface area contributed by atoms with Crippen molar-refractivity contribution in [2.75, 3.05) is 13.1 Å². The number of carbonyl (C=O) groups is 1. The lowest BCUT2D eigenvalue weighted by atomic mass is 10.1. The van der Waals surface area contributed by atoms with E-state index in [9.17, 15) is 4.79 Å². The van der Waals surface area contributed by atoms with Gasteiger partial charge in [-0.3, -0.25) is 5.43 Å². The monoisotopic (exact) mass is 197 g/mol. The molecule has 1 aliphatic rings. The normalized spacial score (nSPS) is 22.8. The SMILES string of the molecule is C=CCNC(=O)NN1CCCCC1C. The van der Waals surface area contributed by atoms with Crippen molar-refractivity contribution in [3.05, 3.63) is 12.7 Å². The maximum Gasteiger partial charge on any atom is 0.329 e. The second kappa shape index (κ2) is 5.65. The number of carbonyl (C=O) groups excluding carboxylic acids is 1. The smallest absolute Gasteiger partial charge is 0.329 e. The third kappa shape index (κ3) is 3.38. The quantitative estimate of drug-likeness (QED) is 0.669. The molecule has 0 bridgehead atoms. The summed E-state index contributed by atoms with van der Waals surface area (Å²) in [6, 6.07) is 0.303. The van der Waals surface area contributed by atoms with Crippen molar-refractivity contribution < 1.29 is 4.79 Å². The van der Waals surface area contributed by atoms with Crippen LogP contribution in [0.3, 0.4) is 0 Å². The first kappa shape index (κ1) is 11.0. The molecule has 0 aromatic carbocycles. The zero-order chi connectivity index (χ0) is 10.4. The molecule has 1 rings (SSSR count). The van der Waals surface area contributed by atoms with E-state index in [-0.39, 0.29) is 6.03 Å². The van der Waals surface area contributed by atoms with Crippen molar-refractivity contribution in [3.8, 4) is 0 Å². The summed E-state index contributed by atoms with van der Waals surface area (Å²) in [5.41, 5.74) is 2.84. The van der Waals surface area contributed by atoms with Gasteiger partial charge in [0.25, 0.3) is 0 Å². The maximum atomic E-state index is 11.3. The van der Waals surface area contributed by atoms with Gasteiger partial charge in [0.15, 0.2) is 0 Å². The van der Waals surface area contributed by atoms with Crippen LogP contribution in [0.1, 0.15) is 26.2 Å². The summed E-state index contributed by atoms with van der Waals surface area (Å²) >= 11 is 0. The van der Waals surface area contributed by atoms with Crippen LogP contribution in [0, 0.1) is 0 Å². The summed E-state index contributed by atoms with van der Waals surface area (Å²) in [4.78, 5) is 11.3. The first-order chi connectivity index (χ1) is 6.74. The minimum absolute atomic E-state index is 0.140. The van der Waals surface area contributed by atoms with E-state index in [0.717, 1.165) is 19.4 Å². The highest BCUT2D eigenvalue weighted by atomic mass is 16.2. The van der Waals surface area contributed by atoms with Crippen molar-refractivity contribution in [2.24, 2.45) is 0 Å². The Morgan fingerprint density at radius 1 is 1.64 bits per heavy atom. The van der Waals surface area contributed by atoms with Gasteiger partial charge in [-0.1, -0.05) is 12.5 Å². The highest BCUT2D eigenvalue weighted by Gasteiger charge is 2.19. The van der Waals surface area contributed by atoms with E-state index in [1.54, 1.807) is 6.08 Å². The molecule has 0 radical (unpaired) electrons. The molecule has 0 aliphatic carbocycles. The lowest BCUT2D eigenvalue weighted by molar-refractivity contribution is 0.107. The largest absolute Gasteiger partial charge is 0.334 e. The van der Waals surface area contributed by atoms with Crippen LogP contribution >= 0.6 is 0 Å². The fraction of sp³-hybridized carbons (Fsp3) is 0.700. The number of hydrogen-bond donors (Lipinski definition) is 2. The standard InChI is InChI=1S/C10H19N3O/c1-3-7-11-10(14)12-13-8-5-4-6-9(13)2/h3,9H,1,4-8H2,2H3,(H2,11,12,14). The van der Waals surface area contributed by atoms with E-state index >= 15 is 0 Å². The Morgan fingerprint density at radius 3 is 3.07 bits per heavy atom. The summed E-state index contributed by atoms with van der Waals surface area (Å²) in [7, 11) is 0. The molecule has 80 valence electrons. The minimum atomic E-state index is -0.140. The van der Waals surface area contributed by atoms with Gasteiger partial charge in [0.1, 0.15) is 0 Å². The van der Waals surface area contributed by atoms with Gasteiger partial charge in [-0.2, -0.15) is 0 Å². The Hall–Kier alpha value is -1.03. The molecule has 1 fully saturated rings. The number of hydrazine groups is 1. The van der Waals surface area contributed by atoms with E-state index in [2.05, 4.69) is 24.2 Å². The maximum absolute atomic E-state index is 11.3. The van der Waals surface area contributed by atoms with Gasteiger partial charge in [0, 0.05) is 19.1 Å². The molecule has 4 heteroatoms. The molecule has 2 amide bonds. The predicted octanol–water partition coefficient (Wildman–Crippen LogP) is 1.26. The van der Waals surface area contributed by atoms with Gasteiger partial charge in [0.2, 0.25) is 0 Å². The average molecular weight is 197 g/mol. The summed E-state index contributed by atoms with van der Waals surface area (Å²) in [5.74, 6) is 0. The van der Waals surface area contributed by atoms with Crippen molar-refractivity contribution in [2.45, 2.75) is 32.2 Å². The fourth-order valence-electron chi connectivity index (χ4n) is 1.60. The molecule has 1 saturated heterocycles. The van der Waals surface area contributed by atoms with Crippen LogP contribution in [0.15, 0.2) is 12.7 Å². The molecule has 0 aromatic rings. The van der Waals surface area contributed by atoms with Gasteiger partial charge < -0.3 is 5.32 Å². The highest BCUT2D eigenvalue weighted by molar-refractivity contribution is 5.73. The molecule has 4 nitrogen and oxygen atoms in total. The summed E-state index contributed by atoms with van der Waals surface area (Å²) < 4.78 is 0. The second-order valence-electron chi connectivity index (χ2n) is 3.65. The number of rotatable bonds is 3. The number of piperidine rings is 1. The van der Waals surface area contributed by atoms with Gasteiger partial charge in [-0.15, -0.1) is 6.58 Å². The van der Waals surface area contributed by atoms with Crippen LogP contribution in [0.5, 0.6) is 0 Å². The summed E-state index contributed by atoms with van der Waals surface area (Å²) in [5, 5.41) is 4.69. The average Bonchev–Trinajstić information content (AvgIpc) is 2.18. The summed E-state index contributed by atoms with van der Waals surface area (Å²) in [6.45, 7) is 7.13. The van der Waals surface area contributed by atoms with Crippen LogP contribution in [0.25, 0.3) is 0 Å². The molecule has 1 atom stereocenters. The van der Waals surface area contributed by atoms with Gasteiger partial charge in [-0.05, 0) is 19.8 Å². The van der Waals surface area contributed by atoms with Gasteiger partial charge in [-0.25, -0.2) is 9.80 Å². The first-order valence-electron chi connectivity index (χ1n) is 5.16. The Bertz CT molecular complexity index is 206. The highest BCUT2D eigenvalue weighted by Crippen LogP contribution is 2.13. The number of nitrogens with zero attached hydrogens (tertiary/aromatic N) is 1. The van der Waals surface area contributed by atoms with Crippen molar-refractivity contribution in [1.29, 1.82) is 0 Å². The van der Waals surface area contributed by atoms with Crippen molar-refractivity contribution in [3.63, 3.8) is 0 Å². The molecular formula is C10H19N3O. The Balaban J connectivity index is 2.27. The lowest BCUT2D eigenvalue weighted by Crippen LogP contribution is -2.52. The Kier molecular flexibility index (Phi) is 4.46.